The number of hydrogen-bond donors (Lipinski definition) is 0. The van der Waals surface area contributed by atoms with Gasteiger partial charge in [0.25, 0.3) is 11.7 Å². The molecule has 1 heterocycles. The monoisotopic (exact) mass is 240 g/mol. The van der Waals surface area contributed by atoms with Crippen LogP contribution in [0.3, 0.4) is 0 Å². The zero-order chi connectivity index (χ0) is 12.2. The van der Waals surface area contributed by atoms with Crippen molar-refractivity contribution in [2.75, 3.05) is 13.2 Å². The Balaban J connectivity index is 2.81. The molecule has 0 spiro atoms. The first kappa shape index (κ1) is 12.9. The van der Waals surface area contributed by atoms with Crippen LogP contribution in [0.4, 0.5) is 13.2 Å². The van der Waals surface area contributed by atoms with Gasteiger partial charge >= 0.3 is 6.18 Å². The first-order chi connectivity index (χ1) is 7.49. The Bertz CT molecular complexity index is 321. The smallest absolute Gasteiger partial charge is 0.345 e. The third kappa shape index (κ3) is 3.17. The molecule has 1 aromatic heterocycles. The highest BCUT2D eigenvalue weighted by molar-refractivity contribution is 4.91. The van der Waals surface area contributed by atoms with Gasteiger partial charge in [0.1, 0.15) is 0 Å². The van der Waals surface area contributed by atoms with Crippen molar-refractivity contribution >= 4 is 0 Å². The van der Waals surface area contributed by atoms with Gasteiger partial charge in [0, 0.05) is 13.2 Å². The molecule has 1 rings (SSSR count). The maximum Gasteiger partial charge on any atom is 0.455 e. The molecule has 1 aromatic rings. The van der Waals surface area contributed by atoms with Gasteiger partial charge in [0.05, 0.1) is 0 Å². The number of hydrogen-bond acceptors (Lipinski definition) is 5. The lowest BCUT2D eigenvalue weighted by atomic mass is 10.5. The SMILES string of the molecule is CCOC(OCC)c1nc(C(F)(F)F)no1. The van der Waals surface area contributed by atoms with Crippen LogP contribution < -0.4 is 0 Å². The van der Waals surface area contributed by atoms with Crippen molar-refractivity contribution in [3.8, 4) is 0 Å². The van der Waals surface area contributed by atoms with Gasteiger partial charge in [0.15, 0.2) is 0 Å². The lowest BCUT2D eigenvalue weighted by Gasteiger charge is -2.11. The van der Waals surface area contributed by atoms with E-state index in [1.165, 1.54) is 0 Å². The molecule has 0 aliphatic carbocycles. The van der Waals surface area contributed by atoms with E-state index in [0.717, 1.165) is 0 Å². The van der Waals surface area contributed by atoms with Crippen molar-refractivity contribution in [1.82, 2.24) is 10.1 Å². The van der Waals surface area contributed by atoms with Crippen molar-refractivity contribution in [3.63, 3.8) is 0 Å². The maximum atomic E-state index is 12.2. The van der Waals surface area contributed by atoms with Crippen molar-refractivity contribution in [1.29, 1.82) is 0 Å². The molecule has 0 atom stereocenters. The molecular formula is C8H11F3N2O3. The van der Waals surface area contributed by atoms with E-state index in [4.69, 9.17) is 9.47 Å². The molecule has 0 amide bonds. The topological polar surface area (TPSA) is 57.4 Å². The van der Waals surface area contributed by atoms with Gasteiger partial charge in [-0.15, -0.1) is 0 Å². The highest BCUT2D eigenvalue weighted by atomic mass is 19.4. The van der Waals surface area contributed by atoms with E-state index in [1.807, 2.05) is 0 Å². The zero-order valence-electron chi connectivity index (χ0n) is 8.74. The Morgan fingerprint density at radius 2 is 1.81 bits per heavy atom. The summed E-state index contributed by atoms with van der Waals surface area (Å²) in [5.41, 5.74) is 0. The van der Waals surface area contributed by atoms with E-state index in [0.29, 0.717) is 0 Å². The van der Waals surface area contributed by atoms with Crippen LogP contribution in [0.25, 0.3) is 0 Å². The van der Waals surface area contributed by atoms with Crippen LogP contribution in [0.2, 0.25) is 0 Å². The number of alkyl halides is 3. The second-order valence-electron chi connectivity index (χ2n) is 2.70. The van der Waals surface area contributed by atoms with Gasteiger partial charge in [0.2, 0.25) is 6.29 Å². The van der Waals surface area contributed by atoms with Gasteiger partial charge in [-0.2, -0.15) is 18.2 Å². The molecule has 0 aromatic carbocycles. The predicted molar refractivity (Wildman–Crippen MR) is 45.3 cm³/mol. The number of halogens is 3. The summed E-state index contributed by atoms with van der Waals surface area (Å²) in [5.74, 6) is -1.68. The van der Waals surface area contributed by atoms with Crippen LogP contribution in [0.1, 0.15) is 31.9 Å². The van der Waals surface area contributed by atoms with Crippen LogP contribution in [-0.4, -0.2) is 23.4 Å². The number of nitrogens with zero attached hydrogens (tertiary/aromatic N) is 2. The van der Waals surface area contributed by atoms with Gasteiger partial charge in [-0.1, -0.05) is 5.16 Å². The molecule has 92 valence electrons. The van der Waals surface area contributed by atoms with Crippen LogP contribution in [0.15, 0.2) is 4.52 Å². The van der Waals surface area contributed by atoms with Gasteiger partial charge < -0.3 is 14.0 Å². The highest BCUT2D eigenvalue weighted by Gasteiger charge is 2.38. The Kier molecular flexibility index (Phi) is 4.25. The zero-order valence-corrected chi connectivity index (χ0v) is 8.74. The molecule has 8 heteroatoms. The van der Waals surface area contributed by atoms with E-state index < -0.39 is 18.3 Å². The Hall–Kier alpha value is -1.15. The molecule has 0 saturated heterocycles. The molecule has 0 unspecified atom stereocenters. The molecule has 0 aliphatic rings. The Morgan fingerprint density at radius 1 is 1.25 bits per heavy atom. The summed E-state index contributed by atoms with van der Waals surface area (Å²) in [6, 6.07) is 0. The quantitative estimate of drug-likeness (QED) is 0.738. The number of rotatable bonds is 5. The maximum absolute atomic E-state index is 12.2. The van der Waals surface area contributed by atoms with Crippen molar-refractivity contribution in [2.24, 2.45) is 0 Å². The molecule has 0 bridgehead atoms. The minimum absolute atomic E-state index is 0.258. The van der Waals surface area contributed by atoms with E-state index >= 15 is 0 Å². The lowest BCUT2D eigenvalue weighted by molar-refractivity contribution is -0.155. The number of aromatic nitrogens is 2. The summed E-state index contributed by atoms with van der Waals surface area (Å²) >= 11 is 0. The third-order valence-corrected chi connectivity index (χ3v) is 1.53. The second-order valence-corrected chi connectivity index (χ2v) is 2.70. The van der Waals surface area contributed by atoms with E-state index in [1.54, 1.807) is 13.8 Å². The normalized spacial score (nSPS) is 12.4. The third-order valence-electron chi connectivity index (χ3n) is 1.53. The first-order valence-electron chi connectivity index (χ1n) is 4.63. The lowest BCUT2D eigenvalue weighted by Crippen LogP contribution is -2.11. The summed E-state index contributed by atoms with van der Waals surface area (Å²) in [4.78, 5) is 3.17. The molecule has 5 nitrogen and oxygen atoms in total. The Labute approximate surface area is 89.5 Å². The van der Waals surface area contributed by atoms with Gasteiger partial charge in [-0.25, -0.2) is 0 Å². The van der Waals surface area contributed by atoms with Crippen LogP contribution in [0.5, 0.6) is 0 Å². The van der Waals surface area contributed by atoms with Gasteiger partial charge in [-0.3, -0.25) is 0 Å². The predicted octanol–water partition coefficient (Wildman–Crippen LogP) is 2.16. The summed E-state index contributed by atoms with van der Waals surface area (Å²) in [7, 11) is 0. The first-order valence-corrected chi connectivity index (χ1v) is 4.63. The van der Waals surface area contributed by atoms with E-state index in [2.05, 4.69) is 14.7 Å². The number of ether oxygens (including phenoxy) is 2. The summed E-state index contributed by atoms with van der Waals surface area (Å²) in [6.07, 6.45) is -5.69. The largest absolute Gasteiger partial charge is 0.455 e. The van der Waals surface area contributed by atoms with Crippen molar-refractivity contribution in [2.45, 2.75) is 26.3 Å². The summed E-state index contributed by atoms with van der Waals surface area (Å²) in [6.45, 7) is 3.86. The average molecular weight is 240 g/mol. The van der Waals surface area contributed by atoms with Crippen molar-refractivity contribution < 1.29 is 27.2 Å². The van der Waals surface area contributed by atoms with E-state index in [-0.39, 0.29) is 19.1 Å². The fraction of sp³-hybridized carbons (Fsp3) is 0.750. The molecular weight excluding hydrogens is 229 g/mol. The van der Waals surface area contributed by atoms with Crippen molar-refractivity contribution in [3.05, 3.63) is 11.7 Å². The molecule has 0 radical (unpaired) electrons. The fourth-order valence-electron chi connectivity index (χ4n) is 0.940. The molecule has 0 N–H and O–H groups in total. The Morgan fingerprint density at radius 3 is 2.19 bits per heavy atom. The molecule has 16 heavy (non-hydrogen) atoms. The summed E-state index contributed by atoms with van der Waals surface area (Å²) < 4.78 is 51.0. The van der Waals surface area contributed by atoms with Crippen LogP contribution in [0, 0.1) is 0 Å². The molecule has 0 fully saturated rings. The molecule has 0 saturated carbocycles. The highest BCUT2D eigenvalue weighted by Crippen LogP contribution is 2.28. The fourth-order valence-corrected chi connectivity index (χ4v) is 0.940. The van der Waals surface area contributed by atoms with Crippen LogP contribution >= 0.6 is 0 Å². The summed E-state index contributed by atoms with van der Waals surface area (Å²) in [5, 5.41) is 2.80. The minimum Gasteiger partial charge on any atom is -0.345 e. The minimum atomic E-state index is -4.63. The molecule has 0 aliphatic heterocycles. The average Bonchev–Trinajstić information content (AvgIpc) is 2.65. The van der Waals surface area contributed by atoms with E-state index in [9.17, 15) is 13.2 Å². The standard InChI is InChI=1S/C8H11F3N2O3/c1-3-14-6(15-4-2)5-12-7(13-16-5)8(9,10)11/h6H,3-4H2,1-2H3. The van der Waals surface area contributed by atoms with Crippen LogP contribution in [-0.2, 0) is 15.7 Å². The van der Waals surface area contributed by atoms with Gasteiger partial charge in [-0.05, 0) is 13.8 Å². The second kappa shape index (κ2) is 5.26.